The van der Waals surface area contributed by atoms with Gasteiger partial charge in [-0.05, 0) is 43.2 Å². The van der Waals surface area contributed by atoms with Crippen LogP contribution >= 0.6 is 0 Å². The highest BCUT2D eigenvalue weighted by molar-refractivity contribution is 6.07. The number of carbonyl (C=O) groups excluding carboxylic acids is 2. The lowest BCUT2D eigenvalue weighted by molar-refractivity contribution is -0.122. The molecule has 1 aromatic carbocycles. The summed E-state index contributed by atoms with van der Waals surface area (Å²) in [6.07, 6.45) is 1.86. The van der Waals surface area contributed by atoms with Crippen LogP contribution in [0.1, 0.15) is 30.7 Å². The lowest BCUT2D eigenvalue weighted by Gasteiger charge is -2.16. The van der Waals surface area contributed by atoms with Crippen molar-refractivity contribution >= 4 is 17.5 Å². The highest BCUT2D eigenvalue weighted by Crippen LogP contribution is 2.41. The molecule has 0 saturated carbocycles. The summed E-state index contributed by atoms with van der Waals surface area (Å²) in [5.41, 5.74) is 2.24. The molecule has 0 aliphatic carbocycles. The minimum atomic E-state index is -0.551. The number of fused-ring (bicyclic) bond motifs is 1. The molecule has 2 amide bonds. The maximum absolute atomic E-state index is 12.3. The van der Waals surface area contributed by atoms with Crippen molar-refractivity contribution in [1.29, 1.82) is 0 Å². The number of nitrogens with one attached hydrogen (secondary N) is 1. The number of hydrogen-bond acceptors (Lipinski definition) is 3. The Balaban J connectivity index is 1.72. The third kappa shape index (κ3) is 2.74. The normalized spacial score (nSPS) is 15.6. The molecule has 0 atom stereocenters. The summed E-state index contributed by atoms with van der Waals surface area (Å²) in [5, 5.41) is 2.83. The molecular formula is C18H20N2O3. The van der Waals surface area contributed by atoms with Crippen molar-refractivity contribution in [2.24, 2.45) is 0 Å². The molecule has 1 aliphatic rings. The highest BCUT2D eigenvalue weighted by Gasteiger charge is 2.42. The number of furan rings is 1. The number of benzene rings is 1. The van der Waals surface area contributed by atoms with E-state index in [-0.39, 0.29) is 18.2 Å². The minimum Gasteiger partial charge on any atom is -0.467 e. The fourth-order valence-corrected chi connectivity index (χ4v) is 2.98. The second kappa shape index (κ2) is 5.57. The van der Waals surface area contributed by atoms with E-state index < -0.39 is 5.41 Å². The van der Waals surface area contributed by atoms with Crippen molar-refractivity contribution in [2.75, 3.05) is 11.9 Å². The molecule has 0 bridgehead atoms. The van der Waals surface area contributed by atoms with E-state index in [0.29, 0.717) is 6.54 Å². The average Bonchev–Trinajstić information content (AvgIpc) is 3.09. The van der Waals surface area contributed by atoms with Gasteiger partial charge in [0.15, 0.2) is 0 Å². The van der Waals surface area contributed by atoms with Crippen LogP contribution in [0.15, 0.2) is 41.0 Å². The van der Waals surface area contributed by atoms with Gasteiger partial charge in [-0.1, -0.05) is 12.1 Å². The first-order valence-electron chi connectivity index (χ1n) is 7.60. The molecule has 0 spiro atoms. The van der Waals surface area contributed by atoms with Gasteiger partial charge in [0.05, 0.1) is 24.6 Å². The van der Waals surface area contributed by atoms with E-state index in [1.54, 1.807) is 24.3 Å². The zero-order valence-electron chi connectivity index (χ0n) is 13.6. The van der Waals surface area contributed by atoms with Gasteiger partial charge in [-0.15, -0.1) is 0 Å². The second-order valence-electron chi connectivity index (χ2n) is 6.37. The van der Waals surface area contributed by atoms with Crippen molar-refractivity contribution in [3.8, 4) is 0 Å². The van der Waals surface area contributed by atoms with Crippen LogP contribution in [0, 0.1) is 0 Å². The maximum atomic E-state index is 12.3. The first-order valence-corrected chi connectivity index (χ1v) is 7.60. The van der Waals surface area contributed by atoms with E-state index in [0.717, 1.165) is 22.6 Å². The van der Waals surface area contributed by atoms with Crippen LogP contribution in [-0.4, -0.2) is 18.9 Å². The Labute approximate surface area is 135 Å². The van der Waals surface area contributed by atoms with Crippen molar-refractivity contribution < 1.29 is 14.0 Å². The van der Waals surface area contributed by atoms with E-state index in [4.69, 9.17) is 4.42 Å². The lowest BCUT2D eigenvalue weighted by Crippen LogP contribution is -2.33. The fraction of sp³-hybridized carbons (Fsp3) is 0.333. The van der Waals surface area contributed by atoms with E-state index in [1.807, 2.05) is 38.1 Å². The molecule has 3 rings (SSSR count). The van der Waals surface area contributed by atoms with Gasteiger partial charge < -0.3 is 14.6 Å². The first kappa shape index (κ1) is 15.3. The summed E-state index contributed by atoms with van der Waals surface area (Å²) in [4.78, 5) is 26.0. The molecule has 0 fully saturated rings. The summed E-state index contributed by atoms with van der Waals surface area (Å²) < 4.78 is 5.19. The first-order chi connectivity index (χ1) is 10.9. The van der Waals surface area contributed by atoms with Crippen molar-refractivity contribution in [3.63, 3.8) is 0 Å². The third-order valence-electron chi connectivity index (χ3n) is 4.34. The number of likely N-dealkylation sites (N-methyl/N-ethyl adjacent to an activating group) is 1. The minimum absolute atomic E-state index is 0.0724. The average molecular weight is 312 g/mol. The molecule has 0 saturated heterocycles. The topological polar surface area (TPSA) is 62.6 Å². The fourth-order valence-electron chi connectivity index (χ4n) is 2.98. The van der Waals surface area contributed by atoms with Crippen molar-refractivity contribution in [1.82, 2.24) is 5.32 Å². The molecule has 0 radical (unpaired) electrons. The van der Waals surface area contributed by atoms with Gasteiger partial charge in [-0.2, -0.15) is 0 Å². The Morgan fingerprint density at radius 3 is 2.78 bits per heavy atom. The third-order valence-corrected chi connectivity index (χ3v) is 4.34. The Hall–Kier alpha value is -2.56. The summed E-state index contributed by atoms with van der Waals surface area (Å²) in [7, 11) is 1.78. The van der Waals surface area contributed by atoms with Crippen LogP contribution < -0.4 is 10.2 Å². The van der Waals surface area contributed by atoms with Crippen LogP contribution in [0.5, 0.6) is 0 Å². The summed E-state index contributed by atoms with van der Waals surface area (Å²) in [5.74, 6) is 0.726. The largest absolute Gasteiger partial charge is 0.467 e. The van der Waals surface area contributed by atoms with Gasteiger partial charge in [-0.25, -0.2) is 0 Å². The molecule has 2 aromatic rings. The van der Waals surface area contributed by atoms with Crippen molar-refractivity contribution in [3.05, 3.63) is 53.5 Å². The standard InChI is InChI=1S/C18H20N2O3/c1-18(2)14-9-12(6-7-15(14)20(3)17(18)22)10-16(21)19-11-13-5-4-8-23-13/h4-9H,10-11H2,1-3H3,(H,19,21). The smallest absolute Gasteiger partial charge is 0.236 e. The molecule has 1 aromatic heterocycles. The molecule has 1 N–H and O–H groups in total. The predicted octanol–water partition coefficient (Wildman–Crippen LogP) is 2.39. The van der Waals surface area contributed by atoms with Gasteiger partial charge in [0.1, 0.15) is 5.76 Å². The van der Waals surface area contributed by atoms with Crippen LogP contribution in [-0.2, 0) is 28.0 Å². The van der Waals surface area contributed by atoms with E-state index in [2.05, 4.69) is 5.32 Å². The number of rotatable bonds is 4. The van der Waals surface area contributed by atoms with Crippen LogP contribution in [0.3, 0.4) is 0 Å². The number of anilines is 1. The van der Waals surface area contributed by atoms with Gasteiger partial charge in [-0.3, -0.25) is 9.59 Å². The molecule has 120 valence electrons. The van der Waals surface area contributed by atoms with Gasteiger partial charge >= 0.3 is 0 Å². The Kier molecular flexibility index (Phi) is 3.72. The molecule has 0 unspecified atom stereocenters. The van der Waals surface area contributed by atoms with Gasteiger partial charge in [0.2, 0.25) is 11.8 Å². The molecule has 2 heterocycles. The van der Waals surface area contributed by atoms with Crippen molar-refractivity contribution in [2.45, 2.75) is 32.2 Å². The van der Waals surface area contributed by atoms with Crippen LogP contribution in [0.4, 0.5) is 5.69 Å². The Morgan fingerprint density at radius 1 is 1.30 bits per heavy atom. The molecule has 23 heavy (non-hydrogen) atoms. The summed E-state index contributed by atoms with van der Waals surface area (Å²) in [6, 6.07) is 9.38. The van der Waals surface area contributed by atoms with Crippen LogP contribution in [0.2, 0.25) is 0 Å². The maximum Gasteiger partial charge on any atom is 0.236 e. The molecular weight excluding hydrogens is 292 g/mol. The number of amides is 2. The Bertz CT molecular complexity index is 748. The zero-order chi connectivity index (χ0) is 16.6. The Morgan fingerprint density at radius 2 is 2.09 bits per heavy atom. The predicted molar refractivity (Wildman–Crippen MR) is 87.1 cm³/mol. The lowest BCUT2D eigenvalue weighted by atomic mass is 9.85. The van der Waals surface area contributed by atoms with E-state index in [1.165, 1.54) is 0 Å². The molecule has 5 nitrogen and oxygen atoms in total. The van der Waals surface area contributed by atoms with Gasteiger partial charge in [0.25, 0.3) is 0 Å². The quantitative estimate of drug-likeness (QED) is 0.943. The SMILES string of the molecule is CN1C(=O)C(C)(C)c2cc(CC(=O)NCc3ccco3)ccc21. The highest BCUT2D eigenvalue weighted by atomic mass is 16.3. The zero-order valence-corrected chi connectivity index (χ0v) is 13.6. The summed E-state index contributed by atoms with van der Waals surface area (Å²) >= 11 is 0. The number of nitrogens with zero attached hydrogens (tertiary/aromatic N) is 1. The molecule has 1 aliphatic heterocycles. The van der Waals surface area contributed by atoms with Crippen LogP contribution in [0.25, 0.3) is 0 Å². The monoisotopic (exact) mass is 312 g/mol. The second-order valence-corrected chi connectivity index (χ2v) is 6.37. The molecule has 5 heteroatoms. The van der Waals surface area contributed by atoms with E-state index in [9.17, 15) is 9.59 Å². The number of hydrogen-bond donors (Lipinski definition) is 1. The number of carbonyl (C=O) groups is 2. The van der Waals surface area contributed by atoms with E-state index >= 15 is 0 Å². The van der Waals surface area contributed by atoms with Gasteiger partial charge in [0, 0.05) is 12.7 Å². The summed E-state index contributed by atoms with van der Waals surface area (Å²) in [6.45, 7) is 4.21.